The Labute approximate surface area is 355 Å². The van der Waals surface area contributed by atoms with Crippen molar-refractivity contribution in [3.05, 3.63) is 206 Å². The van der Waals surface area contributed by atoms with Crippen LogP contribution in [-0.4, -0.2) is 40.6 Å². The second-order valence-corrected chi connectivity index (χ2v) is 15.1. The van der Waals surface area contributed by atoms with Crippen LogP contribution in [0.15, 0.2) is 138 Å². The quantitative estimate of drug-likeness (QED) is 0.0673. The molecular formula is C49H44F3N3O7. The van der Waals surface area contributed by atoms with E-state index in [0.717, 1.165) is 35.6 Å². The number of halogens is 3. The lowest BCUT2D eigenvalue weighted by atomic mass is 9.83. The molecule has 6 aromatic rings. The van der Waals surface area contributed by atoms with Crippen LogP contribution in [0, 0.1) is 17.5 Å². The molecule has 10 nitrogen and oxygen atoms in total. The number of hydrogen-bond donors (Lipinski definition) is 3. The molecule has 2 atom stereocenters. The molecule has 318 valence electrons. The van der Waals surface area contributed by atoms with E-state index in [9.17, 15) is 32.3 Å². The second-order valence-electron chi connectivity index (χ2n) is 15.1. The molecule has 0 aliphatic carbocycles. The second kappa shape index (κ2) is 18.9. The zero-order valence-corrected chi connectivity index (χ0v) is 33.8. The Morgan fingerprint density at radius 1 is 0.661 bits per heavy atom. The van der Waals surface area contributed by atoms with Crippen molar-refractivity contribution in [2.75, 3.05) is 18.5 Å². The fraction of sp³-hybridized carbons (Fsp3) is 0.224. The minimum Gasteiger partial charge on any atom is -0.366 e. The summed E-state index contributed by atoms with van der Waals surface area (Å²) in [5, 5.41) is 11.4. The van der Waals surface area contributed by atoms with E-state index in [-0.39, 0.29) is 34.2 Å². The van der Waals surface area contributed by atoms with Gasteiger partial charge in [0.05, 0.1) is 6.54 Å². The molecule has 3 N–H and O–H groups in total. The first-order valence-electron chi connectivity index (χ1n) is 20.2. The van der Waals surface area contributed by atoms with E-state index in [1.807, 2.05) is 31.2 Å². The predicted molar refractivity (Wildman–Crippen MR) is 226 cm³/mol. The van der Waals surface area contributed by atoms with Gasteiger partial charge in [-0.3, -0.25) is 24.4 Å². The highest BCUT2D eigenvalue weighted by Gasteiger charge is 2.42. The first-order valence-corrected chi connectivity index (χ1v) is 20.2. The number of Topliss-reactive ketones (excluding diaryl/α,β-unsaturated/α-hetero) is 1. The Morgan fingerprint density at radius 3 is 1.79 bits per heavy atom. The number of carbonyl (C=O) groups is 3. The summed E-state index contributed by atoms with van der Waals surface area (Å²) < 4.78 is 55.0. The molecule has 1 aromatic heterocycles. The van der Waals surface area contributed by atoms with Crippen molar-refractivity contribution < 1.29 is 42.2 Å². The standard InChI is InChI=1S/C25H23F2NO3.C24H21FN2O4/c1-2-23(29)18-6-4-17(5-7-18)16-28-12-10-19(14-24(28)30)25(11-3-13-31-25)21-9-8-20(26)15-22(21)27;25-20-10-8-19(9-11-20)24(14-1-15-31-24)18-6-2-16(3-7-18)22(28)26-21-12-4-17(5-13-21)23(29)27-30/h4-10,12,14-15H,2-3,11,13,16H2,1H3;2-13,30H,1,14-15H2,(H,26,28)(H,27,29). The zero-order valence-electron chi connectivity index (χ0n) is 33.8. The van der Waals surface area contributed by atoms with Crippen LogP contribution >= 0.6 is 0 Å². The van der Waals surface area contributed by atoms with Crippen LogP contribution in [0.4, 0.5) is 18.9 Å². The molecule has 8 rings (SSSR count). The van der Waals surface area contributed by atoms with Crippen LogP contribution in [0.5, 0.6) is 0 Å². The normalized spacial score (nSPS) is 18.1. The summed E-state index contributed by atoms with van der Waals surface area (Å²) in [5.41, 5.74) is 4.94. The number of hydroxylamine groups is 1. The molecule has 2 saturated heterocycles. The van der Waals surface area contributed by atoms with Gasteiger partial charge in [-0.1, -0.05) is 55.5 Å². The van der Waals surface area contributed by atoms with Crippen molar-refractivity contribution in [3.63, 3.8) is 0 Å². The highest BCUT2D eigenvalue weighted by Crippen LogP contribution is 2.44. The highest BCUT2D eigenvalue weighted by atomic mass is 19.1. The molecule has 3 heterocycles. The molecule has 0 bridgehead atoms. The molecule has 5 aromatic carbocycles. The number of nitrogens with zero attached hydrogens (tertiary/aromatic N) is 1. The molecule has 2 aliphatic rings. The van der Waals surface area contributed by atoms with Gasteiger partial charge in [0, 0.05) is 65.9 Å². The monoisotopic (exact) mass is 843 g/mol. The molecule has 2 unspecified atom stereocenters. The summed E-state index contributed by atoms with van der Waals surface area (Å²) in [5.74, 6) is -2.49. The van der Waals surface area contributed by atoms with Crippen LogP contribution in [-0.2, 0) is 27.2 Å². The van der Waals surface area contributed by atoms with Gasteiger partial charge in [0.1, 0.15) is 28.7 Å². The lowest BCUT2D eigenvalue weighted by Crippen LogP contribution is -2.31. The Morgan fingerprint density at radius 2 is 1.23 bits per heavy atom. The molecule has 0 radical (unpaired) electrons. The number of amides is 2. The van der Waals surface area contributed by atoms with Crippen molar-refractivity contribution in [3.8, 4) is 0 Å². The number of benzene rings is 5. The highest BCUT2D eigenvalue weighted by molar-refractivity contribution is 6.04. The Hall–Kier alpha value is -6.67. The van der Waals surface area contributed by atoms with Gasteiger partial charge in [-0.25, -0.2) is 18.7 Å². The fourth-order valence-corrected chi connectivity index (χ4v) is 7.98. The molecule has 2 fully saturated rings. The molecule has 2 amide bonds. The van der Waals surface area contributed by atoms with Crippen molar-refractivity contribution in [1.29, 1.82) is 0 Å². The van der Waals surface area contributed by atoms with E-state index in [1.165, 1.54) is 42.5 Å². The third kappa shape index (κ3) is 9.30. The summed E-state index contributed by atoms with van der Waals surface area (Å²) >= 11 is 0. The van der Waals surface area contributed by atoms with Gasteiger partial charge in [0.2, 0.25) is 0 Å². The smallest absolute Gasteiger partial charge is 0.274 e. The topological polar surface area (TPSA) is 136 Å². The van der Waals surface area contributed by atoms with Crippen molar-refractivity contribution in [1.82, 2.24) is 10.0 Å². The minimum atomic E-state index is -1.10. The molecule has 13 heteroatoms. The first-order chi connectivity index (χ1) is 29.9. The Kier molecular flexibility index (Phi) is 13.3. The molecular weight excluding hydrogens is 800 g/mol. The van der Waals surface area contributed by atoms with E-state index in [4.69, 9.17) is 14.7 Å². The maximum atomic E-state index is 14.6. The van der Waals surface area contributed by atoms with Gasteiger partial charge in [-0.2, -0.15) is 0 Å². The van der Waals surface area contributed by atoms with E-state index in [1.54, 1.807) is 70.8 Å². The molecule has 0 saturated carbocycles. The van der Waals surface area contributed by atoms with Crippen LogP contribution < -0.4 is 16.4 Å². The average molecular weight is 844 g/mol. The van der Waals surface area contributed by atoms with Crippen molar-refractivity contribution in [2.45, 2.75) is 56.8 Å². The summed E-state index contributed by atoms with van der Waals surface area (Å²) in [6.07, 6.45) is 4.99. The van der Waals surface area contributed by atoms with Gasteiger partial charge in [0.25, 0.3) is 17.4 Å². The van der Waals surface area contributed by atoms with Crippen LogP contribution in [0.1, 0.15) is 97.9 Å². The van der Waals surface area contributed by atoms with Crippen molar-refractivity contribution >= 4 is 23.3 Å². The first kappa shape index (κ1) is 43.4. The molecule has 2 aliphatic heterocycles. The van der Waals surface area contributed by atoms with E-state index < -0.39 is 28.7 Å². The average Bonchev–Trinajstić information content (AvgIpc) is 4.00. The van der Waals surface area contributed by atoms with Crippen LogP contribution in [0.2, 0.25) is 0 Å². The van der Waals surface area contributed by atoms with Gasteiger partial charge < -0.3 is 19.4 Å². The summed E-state index contributed by atoms with van der Waals surface area (Å²) in [6.45, 7) is 3.21. The largest absolute Gasteiger partial charge is 0.366 e. The maximum Gasteiger partial charge on any atom is 0.274 e. The number of pyridine rings is 1. The number of ketones is 1. The number of nitrogens with one attached hydrogen (secondary N) is 2. The minimum absolute atomic E-state index is 0.0722. The van der Waals surface area contributed by atoms with E-state index >= 15 is 0 Å². The van der Waals surface area contributed by atoms with E-state index in [0.29, 0.717) is 61.4 Å². The number of anilines is 1. The van der Waals surface area contributed by atoms with Crippen LogP contribution in [0.3, 0.4) is 0 Å². The summed E-state index contributed by atoms with van der Waals surface area (Å²) in [4.78, 5) is 48.6. The fourth-order valence-electron chi connectivity index (χ4n) is 7.98. The van der Waals surface area contributed by atoms with Crippen LogP contribution in [0.25, 0.3) is 0 Å². The number of hydrogen-bond acceptors (Lipinski definition) is 7. The van der Waals surface area contributed by atoms with Gasteiger partial charge in [-0.05, 0) is 115 Å². The zero-order chi connectivity index (χ0) is 43.9. The lowest BCUT2D eigenvalue weighted by Gasteiger charge is -2.30. The van der Waals surface area contributed by atoms with Gasteiger partial charge in [0.15, 0.2) is 5.78 Å². The lowest BCUT2D eigenvalue weighted by molar-refractivity contribution is 0.0327. The van der Waals surface area contributed by atoms with E-state index in [2.05, 4.69) is 5.32 Å². The number of aromatic nitrogens is 1. The Balaban J connectivity index is 0.000000186. The summed E-state index contributed by atoms with van der Waals surface area (Å²) in [6, 6.07) is 33.5. The van der Waals surface area contributed by atoms with Gasteiger partial charge in [-0.15, -0.1) is 0 Å². The molecule has 0 spiro atoms. The van der Waals surface area contributed by atoms with Gasteiger partial charge >= 0.3 is 0 Å². The number of rotatable bonds is 11. The molecule has 62 heavy (non-hydrogen) atoms. The SMILES string of the molecule is CCC(=O)c1ccc(Cn2ccc(C3(c4ccc(F)cc4F)CCCO3)cc2=O)cc1.O=C(NO)c1ccc(NC(=O)c2ccc(C3(c4ccc(F)cc4)CCCO3)cc2)cc1. The predicted octanol–water partition coefficient (Wildman–Crippen LogP) is 9.07. The van der Waals surface area contributed by atoms with Crippen molar-refractivity contribution in [2.24, 2.45) is 0 Å². The number of ether oxygens (including phenoxy) is 2. The maximum absolute atomic E-state index is 14.6. The third-order valence-corrected chi connectivity index (χ3v) is 11.3. The Bertz CT molecular complexity index is 2600. The summed E-state index contributed by atoms with van der Waals surface area (Å²) in [7, 11) is 0. The third-order valence-electron chi connectivity index (χ3n) is 11.3. The number of carbonyl (C=O) groups excluding carboxylic acids is 3.